The molecular formula is C12H23N5OS. The smallest absolute Gasteiger partial charge is 0.191 e. The van der Waals surface area contributed by atoms with Gasteiger partial charge in [0.05, 0.1) is 13.2 Å². The molecule has 0 aliphatic carbocycles. The molecule has 0 fully saturated rings. The van der Waals surface area contributed by atoms with Gasteiger partial charge in [-0.25, -0.2) is 9.97 Å². The second-order valence-corrected chi connectivity index (χ2v) is 4.99. The average molecular weight is 285 g/mol. The van der Waals surface area contributed by atoms with Gasteiger partial charge in [-0.15, -0.1) is 0 Å². The number of ether oxygens (including phenoxy) is 1. The number of anilines is 2. The zero-order valence-corrected chi connectivity index (χ0v) is 12.9. The van der Waals surface area contributed by atoms with Crippen LogP contribution in [0.3, 0.4) is 0 Å². The maximum Gasteiger partial charge on any atom is 0.191 e. The number of hydrogen-bond acceptors (Lipinski definition) is 7. The van der Waals surface area contributed by atoms with E-state index < -0.39 is 0 Å². The van der Waals surface area contributed by atoms with Gasteiger partial charge in [-0.05, 0) is 20.4 Å². The van der Waals surface area contributed by atoms with E-state index in [2.05, 4.69) is 25.5 Å². The molecule has 1 aromatic rings. The molecule has 0 saturated heterocycles. The summed E-state index contributed by atoms with van der Waals surface area (Å²) < 4.78 is 5.51. The average Bonchev–Trinajstić information content (AvgIpc) is 2.41. The van der Waals surface area contributed by atoms with Crippen molar-refractivity contribution in [1.29, 1.82) is 0 Å². The van der Waals surface area contributed by atoms with Gasteiger partial charge < -0.3 is 20.3 Å². The Morgan fingerprint density at radius 3 is 2.63 bits per heavy atom. The fourth-order valence-electron chi connectivity index (χ4n) is 1.34. The molecule has 0 aromatic carbocycles. The molecule has 0 aliphatic heterocycles. The van der Waals surface area contributed by atoms with E-state index in [1.165, 1.54) is 11.8 Å². The lowest BCUT2D eigenvalue weighted by Crippen LogP contribution is -2.20. The van der Waals surface area contributed by atoms with Gasteiger partial charge in [-0.3, -0.25) is 0 Å². The first-order valence-electron chi connectivity index (χ1n) is 6.23. The summed E-state index contributed by atoms with van der Waals surface area (Å²) in [6.07, 6.45) is 1.96. The Morgan fingerprint density at radius 1 is 1.26 bits per heavy atom. The summed E-state index contributed by atoms with van der Waals surface area (Å²) in [5.74, 6) is 1.63. The van der Waals surface area contributed by atoms with E-state index in [4.69, 9.17) is 4.74 Å². The van der Waals surface area contributed by atoms with E-state index in [1.807, 2.05) is 33.5 Å². The van der Waals surface area contributed by atoms with E-state index in [0.717, 1.165) is 36.5 Å². The number of likely N-dealkylation sites (N-methyl/N-ethyl adjacent to an activating group) is 1. The minimum atomic E-state index is 0.668. The van der Waals surface area contributed by atoms with Crippen LogP contribution >= 0.6 is 11.8 Å². The quantitative estimate of drug-likeness (QED) is 0.402. The van der Waals surface area contributed by atoms with Crippen molar-refractivity contribution in [2.75, 3.05) is 64.3 Å². The highest BCUT2D eigenvalue weighted by Gasteiger charge is 2.02. The molecule has 1 rings (SSSR count). The minimum absolute atomic E-state index is 0.668. The fourth-order valence-corrected chi connectivity index (χ4v) is 1.71. The van der Waals surface area contributed by atoms with Gasteiger partial charge in [-0.2, -0.15) is 0 Å². The van der Waals surface area contributed by atoms with Gasteiger partial charge in [0.1, 0.15) is 11.6 Å². The summed E-state index contributed by atoms with van der Waals surface area (Å²) in [5.41, 5.74) is 0. The van der Waals surface area contributed by atoms with Crippen molar-refractivity contribution in [3.8, 4) is 0 Å². The number of aromatic nitrogens is 2. The van der Waals surface area contributed by atoms with Crippen LogP contribution in [0.5, 0.6) is 0 Å². The topological polar surface area (TPSA) is 62.3 Å². The van der Waals surface area contributed by atoms with Crippen LogP contribution in [0.1, 0.15) is 0 Å². The molecule has 0 spiro atoms. The second kappa shape index (κ2) is 8.95. The molecular weight excluding hydrogens is 262 g/mol. The highest BCUT2D eigenvalue weighted by Crippen LogP contribution is 2.16. The van der Waals surface area contributed by atoms with Gasteiger partial charge in [0, 0.05) is 26.2 Å². The predicted octanol–water partition coefficient (Wildman–Crippen LogP) is 1.23. The van der Waals surface area contributed by atoms with Gasteiger partial charge in [0.25, 0.3) is 0 Å². The summed E-state index contributed by atoms with van der Waals surface area (Å²) in [4.78, 5) is 10.8. The number of nitrogens with zero attached hydrogens (tertiary/aromatic N) is 3. The molecule has 0 aliphatic rings. The van der Waals surface area contributed by atoms with E-state index in [1.54, 1.807) is 0 Å². The molecule has 0 unspecified atom stereocenters. The molecule has 2 N–H and O–H groups in total. The summed E-state index contributed by atoms with van der Waals surface area (Å²) in [5, 5.41) is 7.02. The third-order valence-corrected chi connectivity index (χ3v) is 2.93. The van der Waals surface area contributed by atoms with E-state index >= 15 is 0 Å². The summed E-state index contributed by atoms with van der Waals surface area (Å²) >= 11 is 1.52. The van der Waals surface area contributed by atoms with Crippen LogP contribution in [0.25, 0.3) is 0 Å². The van der Waals surface area contributed by atoms with Crippen molar-refractivity contribution in [3.63, 3.8) is 0 Å². The van der Waals surface area contributed by atoms with Crippen LogP contribution in [0.2, 0.25) is 0 Å². The van der Waals surface area contributed by atoms with Gasteiger partial charge in [0.2, 0.25) is 0 Å². The molecule has 6 nitrogen and oxygen atoms in total. The summed E-state index contributed by atoms with van der Waals surface area (Å²) in [6.45, 7) is 3.09. The lowest BCUT2D eigenvalue weighted by atomic mass is 10.5. The number of nitrogens with one attached hydrogen (secondary N) is 2. The Kier molecular flexibility index (Phi) is 7.54. The first-order chi connectivity index (χ1) is 9.15. The number of rotatable bonds is 9. The minimum Gasteiger partial charge on any atom is -0.378 e. The van der Waals surface area contributed by atoms with Crippen molar-refractivity contribution in [2.45, 2.75) is 5.16 Å². The molecule has 19 heavy (non-hydrogen) atoms. The zero-order chi connectivity index (χ0) is 14.1. The molecule has 1 heterocycles. The number of thioether (sulfide) groups is 1. The van der Waals surface area contributed by atoms with Crippen LogP contribution in [-0.4, -0.2) is 68.6 Å². The van der Waals surface area contributed by atoms with E-state index in [9.17, 15) is 0 Å². The number of hydrogen-bond donors (Lipinski definition) is 2. The fraction of sp³-hybridized carbons (Fsp3) is 0.667. The SMILES string of the molecule is CNc1cc(NCCOCCN(C)C)nc(SC)n1. The first kappa shape index (κ1) is 16.0. The zero-order valence-electron chi connectivity index (χ0n) is 12.1. The Labute approximate surface area is 119 Å². The maximum absolute atomic E-state index is 5.51. The molecule has 108 valence electrons. The first-order valence-corrected chi connectivity index (χ1v) is 7.45. The highest BCUT2D eigenvalue weighted by molar-refractivity contribution is 7.98. The van der Waals surface area contributed by atoms with Gasteiger partial charge in [-0.1, -0.05) is 11.8 Å². The molecule has 0 radical (unpaired) electrons. The molecule has 7 heteroatoms. The largest absolute Gasteiger partial charge is 0.378 e. The third kappa shape index (κ3) is 6.60. The summed E-state index contributed by atoms with van der Waals surface area (Å²) in [7, 11) is 5.91. The van der Waals surface area contributed by atoms with E-state index in [0.29, 0.717) is 6.61 Å². The molecule has 0 saturated carbocycles. The molecule has 0 bridgehead atoms. The van der Waals surface area contributed by atoms with Crippen molar-refractivity contribution in [1.82, 2.24) is 14.9 Å². The monoisotopic (exact) mass is 285 g/mol. The van der Waals surface area contributed by atoms with Crippen LogP contribution in [-0.2, 0) is 4.74 Å². The molecule has 1 aromatic heterocycles. The normalized spacial score (nSPS) is 10.8. The van der Waals surface area contributed by atoms with Crippen LogP contribution in [0.15, 0.2) is 11.2 Å². The maximum atomic E-state index is 5.51. The Hall–Kier alpha value is -1.05. The Morgan fingerprint density at radius 2 is 2.00 bits per heavy atom. The van der Waals surface area contributed by atoms with Gasteiger partial charge in [0.15, 0.2) is 5.16 Å². The Bertz CT molecular complexity index is 353. The van der Waals surface area contributed by atoms with Crippen molar-refractivity contribution >= 4 is 23.4 Å². The van der Waals surface area contributed by atoms with Crippen LogP contribution in [0.4, 0.5) is 11.6 Å². The standard InChI is InChI=1S/C12H23N5OS/c1-13-10-9-11(16-12(15-10)19-4)14-5-7-18-8-6-17(2)3/h9H,5-8H2,1-4H3,(H2,13,14,15,16). The highest BCUT2D eigenvalue weighted by atomic mass is 32.2. The predicted molar refractivity (Wildman–Crippen MR) is 81.2 cm³/mol. The second-order valence-electron chi connectivity index (χ2n) is 4.22. The van der Waals surface area contributed by atoms with Crippen LogP contribution in [0, 0.1) is 0 Å². The summed E-state index contributed by atoms with van der Waals surface area (Å²) in [6, 6.07) is 1.89. The van der Waals surface area contributed by atoms with Crippen molar-refractivity contribution < 1.29 is 4.74 Å². The molecule has 0 atom stereocenters. The van der Waals surface area contributed by atoms with E-state index in [-0.39, 0.29) is 0 Å². The third-order valence-electron chi connectivity index (χ3n) is 2.38. The van der Waals surface area contributed by atoms with Crippen molar-refractivity contribution in [2.24, 2.45) is 0 Å². The van der Waals surface area contributed by atoms with Gasteiger partial charge >= 0.3 is 0 Å². The Balaban J connectivity index is 2.32. The van der Waals surface area contributed by atoms with Crippen molar-refractivity contribution in [3.05, 3.63) is 6.07 Å². The lowest BCUT2D eigenvalue weighted by Gasteiger charge is -2.11. The lowest BCUT2D eigenvalue weighted by molar-refractivity contribution is 0.126. The molecule has 0 amide bonds. The van der Waals surface area contributed by atoms with Crippen LogP contribution < -0.4 is 10.6 Å².